The molecule has 0 spiro atoms. The van der Waals surface area contributed by atoms with E-state index in [4.69, 9.17) is 4.74 Å². The molecule has 3 aliphatic rings. The minimum absolute atomic E-state index is 0.135. The van der Waals surface area contributed by atoms with Gasteiger partial charge in [0.15, 0.2) is 0 Å². The Bertz CT molecular complexity index is 576. The van der Waals surface area contributed by atoms with Crippen molar-refractivity contribution in [3.05, 3.63) is 35.6 Å². The van der Waals surface area contributed by atoms with Crippen molar-refractivity contribution in [2.75, 3.05) is 19.7 Å². The lowest BCUT2D eigenvalue weighted by atomic mass is 10.0. The van der Waals surface area contributed by atoms with E-state index in [1.165, 1.54) is 25.0 Å². The molecule has 1 aliphatic carbocycles. The summed E-state index contributed by atoms with van der Waals surface area (Å²) >= 11 is 0. The molecule has 2 saturated heterocycles. The Labute approximate surface area is 135 Å². The molecule has 0 radical (unpaired) electrons. The van der Waals surface area contributed by atoms with E-state index in [0.29, 0.717) is 25.7 Å². The minimum atomic E-state index is -0.259. The molecular formula is C17H22FN3O2. The summed E-state index contributed by atoms with van der Waals surface area (Å²) in [6, 6.07) is 6.61. The van der Waals surface area contributed by atoms with Gasteiger partial charge in [-0.2, -0.15) is 0 Å². The van der Waals surface area contributed by atoms with Crippen molar-refractivity contribution in [1.82, 2.24) is 15.8 Å². The molecule has 1 aromatic rings. The number of hydrogen-bond donors (Lipinski definition) is 2. The highest BCUT2D eigenvalue weighted by Gasteiger charge is 2.40. The largest absolute Gasteiger partial charge is 0.370 e. The lowest BCUT2D eigenvalue weighted by Gasteiger charge is -2.34. The van der Waals surface area contributed by atoms with E-state index in [2.05, 4.69) is 10.9 Å². The number of halogens is 1. The van der Waals surface area contributed by atoms with Crippen LogP contribution in [-0.2, 0) is 9.53 Å². The molecule has 3 unspecified atom stereocenters. The number of hydrazine groups is 1. The Kier molecular flexibility index (Phi) is 4.05. The first-order valence-electron chi connectivity index (χ1n) is 8.37. The van der Waals surface area contributed by atoms with Crippen LogP contribution in [0, 0.1) is 11.7 Å². The summed E-state index contributed by atoms with van der Waals surface area (Å²) in [5.41, 5.74) is 7.34. The quantitative estimate of drug-likeness (QED) is 0.884. The zero-order valence-corrected chi connectivity index (χ0v) is 13.0. The van der Waals surface area contributed by atoms with E-state index in [-0.39, 0.29) is 23.9 Å². The summed E-state index contributed by atoms with van der Waals surface area (Å²) in [7, 11) is 0. The smallest absolute Gasteiger partial charge is 0.241 e. The molecule has 1 amide bonds. The Morgan fingerprint density at radius 3 is 2.74 bits per heavy atom. The number of nitrogens with one attached hydrogen (secondary N) is 2. The first-order valence-corrected chi connectivity index (χ1v) is 8.37. The summed E-state index contributed by atoms with van der Waals surface area (Å²) < 4.78 is 18.8. The molecule has 2 heterocycles. The highest BCUT2D eigenvalue weighted by atomic mass is 19.1. The maximum atomic E-state index is 13.0. The summed E-state index contributed by atoms with van der Waals surface area (Å²) in [5, 5.41) is 0. The van der Waals surface area contributed by atoms with E-state index < -0.39 is 0 Å². The van der Waals surface area contributed by atoms with Crippen molar-refractivity contribution < 1.29 is 13.9 Å². The third kappa shape index (κ3) is 3.24. The third-order valence-corrected chi connectivity index (χ3v) is 5.04. The summed E-state index contributed by atoms with van der Waals surface area (Å²) in [6.07, 6.45) is 3.22. The monoisotopic (exact) mass is 319 g/mol. The highest BCUT2D eigenvalue weighted by molar-refractivity contribution is 5.82. The standard InChI is InChI=1S/C17H22FN3O2/c18-13-5-3-12(4-6-13)16-10-21(7-8-23-16)17(22)15-9-14(19-20-15)11-1-2-11/h3-6,11,14-16,19-20H,1-2,7-10H2. The lowest BCUT2D eigenvalue weighted by Crippen LogP contribution is -2.50. The van der Waals surface area contributed by atoms with Crippen molar-refractivity contribution in [3.63, 3.8) is 0 Å². The highest BCUT2D eigenvalue weighted by Crippen LogP contribution is 2.36. The molecule has 3 fully saturated rings. The Hall–Kier alpha value is -1.50. The average molecular weight is 319 g/mol. The second-order valence-electron chi connectivity index (χ2n) is 6.72. The van der Waals surface area contributed by atoms with Crippen LogP contribution >= 0.6 is 0 Å². The molecule has 5 nitrogen and oxygen atoms in total. The number of ether oxygens (including phenoxy) is 1. The third-order valence-electron chi connectivity index (χ3n) is 5.04. The zero-order valence-electron chi connectivity index (χ0n) is 13.0. The Balaban J connectivity index is 1.38. The van der Waals surface area contributed by atoms with Crippen LogP contribution in [0.3, 0.4) is 0 Å². The fraction of sp³-hybridized carbons (Fsp3) is 0.588. The van der Waals surface area contributed by atoms with Crippen LogP contribution < -0.4 is 10.9 Å². The van der Waals surface area contributed by atoms with Crippen molar-refractivity contribution in [2.24, 2.45) is 5.92 Å². The molecule has 3 atom stereocenters. The van der Waals surface area contributed by atoms with Crippen LogP contribution in [-0.4, -0.2) is 42.6 Å². The predicted octanol–water partition coefficient (Wildman–Crippen LogP) is 1.37. The molecule has 4 rings (SSSR count). The van der Waals surface area contributed by atoms with E-state index in [1.54, 1.807) is 12.1 Å². The number of amides is 1. The minimum Gasteiger partial charge on any atom is -0.370 e. The SMILES string of the molecule is O=C(C1CC(C2CC2)NN1)N1CCOC(c2ccc(F)cc2)C1. The second kappa shape index (κ2) is 6.19. The van der Waals surface area contributed by atoms with Gasteiger partial charge in [0.05, 0.1) is 13.2 Å². The Morgan fingerprint density at radius 1 is 1.22 bits per heavy atom. The van der Waals surface area contributed by atoms with E-state index in [0.717, 1.165) is 17.9 Å². The summed E-state index contributed by atoms with van der Waals surface area (Å²) in [4.78, 5) is 14.6. The van der Waals surface area contributed by atoms with Gasteiger partial charge in [0.1, 0.15) is 18.0 Å². The van der Waals surface area contributed by atoms with E-state index in [1.807, 2.05) is 4.90 Å². The van der Waals surface area contributed by atoms with Gasteiger partial charge in [-0.15, -0.1) is 0 Å². The van der Waals surface area contributed by atoms with Gasteiger partial charge < -0.3 is 9.64 Å². The van der Waals surface area contributed by atoms with Crippen LogP contribution in [0.2, 0.25) is 0 Å². The number of hydrogen-bond acceptors (Lipinski definition) is 4. The number of rotatable bonds is 3. The second-order valence-corrected chi connectivity index (χ2v) is 6.72. The number of morpholine rings is 1. The van der Waals surface area contributed by atoms with Crippen LogP contribution in [0.15, 0.2) is 24.3 Å². The van der Waals surface area contributed by atoms with Gasteiger partial charge >= 0.3 is 0 Å². The van der Waals surface area contributed by atoms with Crippen LogP contribution in [0.5, 0.6) is 0 Å². The molecule has 0 bridgehead atoms. The summed E-state index contributed by atoms with van der Waals surface area (Å²) in [6.45, 7) is 1.65. The Morgan fingerprint density at radius 2 is 2.00 bits per heavy atom. The first-order chi connectivity index (χ1) is 11.2. The maximum Gasteiger partial charge on any atom is 0.241 e. The van der Waals surface area contributed by atoms with E-state index in [9.17, 15) is 9.18 Å². The lowest BCUT2D eigenvalue weighted by molar-refractivity contribution is -0.141. The number of carbonyl (C=O) groups is 1. The topological polar surface area (TPSA) is 53.6 Å². The molecule has 124 valence electrons. The van der Waals surface area contributed by atoms with E-state index >= 15 is 0 Å². The van der Waals surface area contributed by atoms with Crippen LogP contribution in [0.1, 0.15) is 30.9 Å². The fourth-order valence-electron chi connectivity index (χ4n) is 3.50. The van der Waals surface area contributed by atoms with Crippen molar-refractivity contribution >= 4 is 5.91 Å². The van der Waals surface area contributed by atoms with Crippen molar-refractivity contribution in [3.8, 4) is 0 Å². The van der Waals surface area contributed by atoms with Crippen LogP contribution in [0.4, 0.5) is 4.39 Å². The van der Waals surface area contributed by atoms with Gasteiger partial charge in [-0.05, 0) is 42.9 Å². The van der Waals surface area contributed by atoms with Gasteiger partial charge in [0.25, 0.3) is 0 Å². The summed E-state index contributed by atoms with van der Waals surface area (Å²) in [5.74, 6) is 0.609. The number of nitrogens with zero attached hydrogens (tertiary/aromatic N) is 1. The normalized spacial score (nSPS) is 31.3. The first kappa shape index (κ1) is 15.1. The molecule has 1 saturated carbocycles. The number of carbonyl (C=O) groups excluding carboxylic acids is 1. The molecule has 0 aromatic heterocycles. The van der Waals surface area contributed by atoms with Gasteiger partial charge in [0, 0.05) is 12.6 Å². The molecule has 2 N–H and O–H groups in total. The molecule has 6 heteroatoms. The van der Waals surface area contributed by atoms with Gasteiger partial charge in [0.2, 0.25) is 5.91 Å². The molecule has 1 aromatic carbocycles. The predicted molar refractivity (Wildman–Crippen MR) is 82.9 cm³/mol. The fourth-order valence-corrected chi connectivity index (χ4v) is 3.50. The van der Waals surface area contributed by atoms with Gasteiger partial charge in [-0.3, -0.25) is 10.2 Å². The van der Waals surface area contributed by atoms with Gasteiger partial charge in [-0.25, -0.2) is 9.82 Å². The molecule has 23 heavy (non-hydrogen) atoms. The average Bonchev–Trinajstić information content (AvgIpc) is 3.32. The van der Waals surface area contributed by atoms with Crippen molar-refractivity contribution in [1.29, 1.82) is 0 Å². The number of benzene rings is 1. The maximum absolute atomic E-state index is 13.0. The zero-order chi connectivity index (χ0) is 15.8. The van der Waals surface area contributed by atoms with Gasteiger partial charge in [-0.1, -0.05) is 12.1 Å². The molecular weight excluding hydrogens is 297 g/mol. The van der Waals surface area contributed by atoms with Crippen LogP contribution in [0.25, 0.3) is 0 Å². The molecule has 2 aliphatic heterocycles. The van der Waals surface area contributed by atoms with Crippen molar-refractivity contribution in [2.45, 2.75) is 37.5 Å².